The summed E-state index contributed by atoms with van der Waals surface area (Å²) in [5.41, 5.74) is 3.91. The molecule has 1 fully saturated rings. The molecule has 1 aliphatic rings. The van der Waals surface area contributed by atoms with Crippen LogP contribution in [0.15, 0.2) is 72.3 Å². The Bertz CT molecular complexity index is 1450. The van der Waals surface area contributed by atoms with E-state index in [0.717, 1.165) is 11.1 Å². The molecule has 1 saturated heterocycles. The van der Waals surface area contributed by atoms with Crippen LogP contribution in [-0.4, -0.2) is 41.9 Å². The molecular formula is C32H33NO6. The number of aryl methyl sites for hydroxylation is 1. The van der Waals surface area contributed by atoms with Crippen molar-refractivity contribution in [2.24, 2.45) is 0 Å². The van der Waals surface area contributed by atoms with Crippen molar-refractivity contribution in [2.75, 3.05) is 14.2 Å². The van der Waals surface area contributed by atoms with Crippen LogP contribution in [0.5, 0.6) is 5.75 Å². The largest absolute Gasteiger partial charge is 0.507 e. The number of carbonyl (C=O) groups excluding carboxylic acids is 3. The Morgan fingerprint density at radius 1 is 0.949 bits per heavy atom. The molecule has 0 aromatic heterocycles. The summed E-state index contributed by atoms with van der Waals surface area (Å²) in [6.07, 6.45) is 0. The topological polar surface area (TPSA) is 93.1 Å². The minimum absolute atomic E-state index is 0.0329. The zero-order chi connectivity index (χ0) is 28.5. The van der Waals surface area contributed by atoms with E-state index in [-0.39, 0.29) is 23.3 Å². The van der Waals surface area contributed by atoms with Gasteiger partial charge in [0, 0.05) is 12.1 Å². The molecule has 1 unspecified atom stereocenters. The summed E-state index contributed by atoms with van der Waals surface area (Å²) in [6.45, 7) is 8.18. The first kappa shape index (κ1) is 27.6. The SMILES string of the molecule is COC(=O)c1ccc(CN2C(=O)C(=O)/C(=C(/O)c3cc(C(C)(C)C)ccc3C)C2c2ccc(OC)cc2)cc1. The van der Waals surface area contributed by atoms with Gasteiger partial charge >= 0.3 is 5.97 Å². The average Bonchev–Trinajstić information content (AvgIpc) is 3.17. The van der Waals surface area contributed by atoms with E-state index in [1.165, 1.54) is 12.0 Å². The lowest BCUT2D eigenvalue weighted by molar-refractivity contribution is -0.140. The Labute approximate surface area is 228 Å². The van der Waals surface area contributed by atoms with Crippen LogP contribution in [0.4, 0.5) is 0 Å². The molecule has 202 valence electrons. The number of methoxy groups -OCH3 is 2. The molecule has 3 aromatic carbocycles. The van der Waals surface area contributed by atoms with Crippen molar-refractivity contribution in [3.63, 3.8) is 0 Å². The summed E-state index contributed by atoms with van der Waals surface area (Å²) < 4.78 is 10.1. The second-order valence-electron chi connectivity index (χ2n) is 10.7. The third-order valence-corrected chi connectivity index (χ3v) is 7.06. The molecule has 0 radical (unpaired) electrons. The predicted octanol–water partition coefficient (Wildman–Crippen LogP) is 5.71. The number of ether oxygens (including phenoxy) is 2. The number of carbonyl (C=O) groups is 3. The molecule has 7 heteroatoms. The van der Waals surface area contributed by atoms with E-state index in [4.69, 9.17) is 9.47 Å². The van der Waals surface area contributed by atoms with Crippen molar-refractivity contribution < 1.29 is 29.0 Å². The normalized spacial score (nSPS) is 16.9. The maximum atomic E-state index is 13.5. The second-order valence-corrected chi connectivity index (χ2v) is 10.7. The van der Waals surface area contributed by atoms with E-state index in [2.05, 4.69) is 20.8 Å². The van der Waals surface area contributed by atoms with Crippen LogP contribution in [0.3, 0.4) is 0 Å². The van der Waals surface area contributed by atoms with Gasteiger partial charge in [-0.2, -0.15) is 0 Å². The number of benzene rings is 3. The van der Waals surface area contributed by atoms with E-state index < -0.39 is 23.7 Å². The van der Waals surface area contributed by atoms with Gasteiger partial charge in [0.05, 0.1) is 31.4 Å². The summed E-state index contributed by atoms with van der Waals surface area (Å²) in [4.78, 5) is 40.2. The number of amides is 1. The summed E-state index contributed by atoms with van der Waals surface area (Å²) in [5.74, 6) is -1.50. The molecule has 39 heavy (non-hydrogen) atoms. The van der Waals surface area contributed by atoms with Crippen LogP contribution in [0.1, 0.15) is 65.0 Å². The first-order valence-corrected chi connectivity index (χ1v) is 12.7. The molecule has 7 nitrogen and oxygen atoms in total. The van der Waals surface area contributed by atoms with Gasteiger partial charge in [0.2, 0.25) is 0 Å². The number of aliphatic hydroxyl groups is 1. The van der Waals surface area contributed by atoms with Gasteiger partial charge in [0.15, 0.2) is 0 Å². The minimum atomic E-state index is -0.825. The number of ketones is 1. The lowest BCUT2D eigenvalue weighted by Gasteiger charge is -2.26. The fourth-order valence-electron chi connectivity index (χ4n) is 4.73. The standard InChI is InChI=1S/C32H33NO6/c1-19-7-14-23(32(2,3)4)17-25(19)28(34)26-27(21-12-15-24(38-5)16-13-21)33(30(36)29(26)35)18-20-8-10-22(11-9-20)31(37)39-6/h7-17,27,34H,18H2,1-6H3/b28-26+. The van der Waals surface area contributed by atoms with Gasteiger partial charge in [-0.25, -0.2) is 4.79 Å². The highest BCUT2D eigenvalue weighted by molar-refractivity contribution is 6.46. The van der Waals surface area contributed by atoms with E-state index in [1.807, 2.05) is 25.1 Å². The highest BCUT2D eigenvalue weighted by atomic mass is 16.5. The highest BCUT2D eigenvalue weighted by Gasteiger charge is 2.46. The summed E-state index contributed by atoms with van der Waals surface area (Å²) in [5, 5.41) is 11.6. The zero-order valence-electron chi connectivity index (χ0n) is 23.1. The van der Waals surface area contributed by atoms with Gasteiger partial charge in [-0.1, -0.05) is 57.2 Å². The Hall–Kier alpha value is -4.39. The molecule has 1 N–H and O–H groups in total. The van der Waals surface area contributed by atoms with Crippen LogP contribution in [0, 0.1) is 6.92 Å². The van der Waals surface area contributed by atoms with Crippen molar-refractivity contribution in [1.29, 1.82) is 0 Å². The number of aliphatic hydroxyl groups excluding tert-OH is 1. The quantitative estimate of drug-likeness (QED) is 0.191. The van der Waals surface area contributed by atoms with E-state index in [0.29, 0.717) is 28.0 Å². The van der Waals surface area contributed by atoms with Crippen molar-refractivity contribution >= 4 is 23.4 Å². The molecule has 0 saturated carbocycles. The number of nitrogens with zero attached hydrogens (tertiary/aromatic N) is 1. The number of likely N-dealkylation sites (tertiary alicyclic amines) is 1. The summed E-state index contributed by atoms with van der Waals surface area (Å²) in [7, 11) is 2.87. The van der Waals surface area contributed by atoms with Gasteiger partial charge in [0.1, 0.15) is 11.5 Å². The van der Waals surface area contributed by atoms with Crippen LogP contribution >= 0.6 is 0 Å². The Kier molecular flexibility index (Phi) is 7.63. The molecule has 0 spiro atoms. The third-order valence-electron chi connectivity index (χ3n) is 7.06. The summed E-state index contributed by atoms with van der Waals surface area (Å²) >= 11 is 0. The van der Waals surface area contributed by atoms with Crippen molar-refractivity contribution in [1.82, 2.24) is 4.90 Å². The van der Waals surface area contributed by atoms with E-state index in [1.54, 1.807) is 55.6 Å². The Morgan fingerprint density at radius 3 is 2.15 bits per heavy atom. The Balaban J connectivity index is 1.85. The molecule has 1 atom stereocenters. The fraction of sp³-hybridized carbons (Fsp3) is 0.281. The van der Waals surface area contributed by atoms with Crippen LogP contribution < -0.4 is 4.74 Å². The van der Waals surface area contributed by atoms with Gasteiger partial charge < -0.3 is 19.5 Å². The predicted molar refractivity (Wildman–Crippen MR) is 149 cm³/mol. The van der Waals surface area contributed by atoms with Crippen molar-refractivity contribution in [2.45, 2.75) is 45.7 Å². The molecule has 0 bridgehead atoms. The number of hydrogen-bond acceptors (Lipinski definition) is 6. The van der Waals surface area contributed by atoms with Gasteiger partial charge in [0.25, 0.3) is 11.7 Å². The second kappa shape index (κ2) is 10.8. The zero-order valence-corrected chi connectivity index (χ0v) is 23.1. The maximum absolute atomic E-state index is 13.5. The third kappa shape index (κ3) is 5.43. The number of hydrogen-bond donors (Lipinski definition) is 1. The van der Waals surface area contributed by atoms with E-state index in [9.17, 15) is 19.5 Å². The maximum Gasteiger partial charge on any atom is 0.337 e. The van der Waals surface area contributed by atoms with Crippen LogP contribution in [0.25, 0.3) is 5.76 Å². The highest BCUT2D eigenvalue weighted by Crippen LogP contribution is 2.41. The van der Waals surface area contributed by atoms with Crippen molar-refractivity contribution in [3.05, 3.63) is 106 Å². The first-order chi connectivity index (χ1) is 18.5. The molecule has 3 aromatic rings. The molecular weight excluding hydrogens is 494 g/mol. The fourth-order valence-corrected chi connectivity index (χ4v) is 4.73. The molecule has 4 rings (SSSR count). The molecule has 1 aliphatic heterocycles. The Morgan fingerprint density at radius 2 is 1.59 bits per heavy atom. The van der Waals surface area contributed by atoms with E-state index >= 15 is 0 Å². The average molecular weight is 528 g/mol. The molecule has 1 amide bonds. The minimum Gasteiger partial charge on any atom is -0.507 e. The van der Waals surface area contributed by atoms with Crippen molar-refractivity contribution in [3.8, 4) is 5.75 Å². The van der Waals surface area contributed by atoms with Gasteiger partial charge in [-0.3, -0.25) is 9.59 Å². The number of rotatable bonds is 6. The molecule has 1 heterocycles. The van der Waals surface area contributed by atoms with Crippen LogP contribution in [0.2, 0.25) is 0 Å². The first-order valence-electron chi connectivity index (χ1n) is 12.7. The summed E-state index contributed by atoms with van der Waals surface area (Å²) in [6, 6.07) is 18.7. The van der Waals surface area contributed by atoms with Gasteiger partial charge in [-0.15, -0.1) is 0 Å². The van der Waals surface area contributed by atoms with Gasteiger partial charge in [-0.05, 0) is 64.9 Å². The monoisotopic (exact) mass is 527 g/mol. The molecule has 0 aliphatic carbocycles. The smallest absolute Gasteiger partial charge is 0.337 e. The number of Topliss-reactive ketones (excluding diaryl/α,β-unsaturated/α-hetero) is 1. The lowest BCUT2D eigenvalue weighted by atomic mass is 9.84. The van der Waals surface area contributed by atoms with Crippen LogP contribution in [-0.2, 0) is 26.3 Å². The lowest BCUT2D eigenvalue weighted by Crippen LogP contribution is -2.29. The number of esters is 1.